The Hall–Kier alpha value is -1.83. The molecule has 7 fully saturated rings. The smallest absolute Gasteiger partial charge is 0.432 e. The van der Waals surface area contributed by atoms with Crippen molar-refractivity contribution in [1.82, 2.24) is 0 Å². The van der Waals surface area contributed by atoms with Crippen LogP contribution >= 0.6 is 0 Å². The summed E-state index contributed by atoms with van der Waals surface area (Å²) in [6, 6.07) is 0. The third-order valence-corrected chi connectivity index (χ3v) is 11.1. The second-order valence-electron chi connectivity index (χ2n) is 12.4. The molecule has 1 saturated heterocycles. The Morgan fingerprint density at radius 1 is 1.00 bits per heavy atom. The molecule has 8 nitrogen and oxygen atoms in total. The molecule has 6 aliphatic carbocycles. The van der Waals surface area contributed by atoms with Gasteiger partial charge in [-0.3, -0.25) is 14.4 Å². The number of alkyl halides is 5. The SMILES string of the molecule is O=C(OC(C(F)(F)F)C(F)(F)S(=O)(=O)[O-])C1C2CC3C(OC(=O)C31)C2CC(=O)C12CC3CC(CC(C3)C1)C2. The molecule has 7 atom stereocenters. The minimum absolute atomic E-state index is 0.0158. The summed E-state index contributed by atoms with van der Waals surface area (Å²) in [5.41, 5.74) is -0.499. The van der Waals surface area contributed by atoms with Crippen molar-refractivity contribution in [2.24, 2.45) is 52.8 Å². The summed E-state index contributed by atoms with van der Waals surface area (Å²) >= 11 is 0. The Balaban J connectivity index is 1.24. The normalized spacial score (nSPS) is 43.8. The average molecular weight is 570 g/mol. The number of carbonyl (C=O) groups excluding carboxylic acids is 3. The minimum Gasteiger partial charge on any atom is -0.743 e. The molecule has 14 heteroatoms. The molecule has 6 bridgehead atoms. The van der Waals surface area contributed by atoms with E-state index in [2.05, 4.69) is 4.74 Å². The third-order valence-electron chi connectivity index (χ3n) is 10.3. The quantitative estimate of drug-likeness (QED) is 0.260. The zero-order chi connectivity index (χ0) is 27.6. The van der Waals surface area contributed by atoms with E-state index >= 15 is 0 Å². The van der Waals surface area contributed by atoms with Crippen LogP contribution in [0.3, 0.4) is 0 Å². The summed E-state index contributed by atoms with van der Waals surface area (Å²) < 4.78 is 110. The fourth-order valence-electron chi connectivity index (χ4n) is 9.31. The lowest BCUT2D eigenvalue weighted by atomic mass is 9.48. The Morgan fingerprint density at radius 3 is 2.05 bits per heavy atom. The number of esters is 2. The van der Waals surface area contributed by atoms with Gasteiger partial charge >= 0.3 is 23.4 Å². The maximum absolute atomic E-state index is 14.0. The van der Waals surface area contributed by atoms with Crippen molar-refractivity contribution in [1.29, 1.82) is 0 Å². The zero-order valence-corrected chi connectivity index (χ0v) is 20.8. The van der Waals surface area contributed by atoms with E-state index < -0.39 is 80.7 Å². The van der Waals surface area contributed by atoms with Gasteiger partial charge in [0.25, 0.3) is 6.10 Å². The first-order valence-corrected chi connectivity index (χ1v) is 14.3. The Kier molecular flexibility index (Phi) is 5.63. The van der Waals surface area contributed by atoms with E-state index in [-0.39, 0.29) is 18.6 Å². The molecular weight excluding hydrogens is 543 g/mol. The molecule has 0 amide bonds. The number of hydrogen-bond acceptors (Lipinski definition) is 8. The summed E-state index contributed by atoms with van der Waals surface area (Å²) in [5.74, 6) is -6.30. The number of fused-ring (bicyclic) bond motifs is 1. The van der Waals surface area contributed by atoms with E-state index in [1.54, 1.807) is 0 Å². The maximum atomic E-state index is 14.0. The molecule has 0 aromatic rings. The highest BCUT2D eigenvalue weighted by Crippen LogP contribution is 2.64. The number of rotatable bonds is 7. The molecule has 7 aliphatic rings. The van der Waals surface area contributed by atoms with Crippen LogP contribution in [-0.4, -0.2) is 54.3 Å². The third kappa shape index (κ3) is 3.75. The Bertz CT molecular complexity index is 1150. The first-order valence-electron chi connectivity index (χ1n) is 12.9. The van der Waals surface area contributed by atoms with Crippen LogP contribution in [0, 0.1) is 52.8 Å². The standard InChI is InChI=1S/C24H27F5O8S/c25-23(26,27)21(24(28,29)38(33,34)35)37-20(32)16-12-4-14-17(16)19(31)36-18(14)13(12)5-15(30)22-6-9-1-10(7-22)3-11(2-9)8-22/h9-14,16-18,21H,1-8H2,(H,33,34,35)/p-1. The van der Waals surface area contributed by atoms with Gasteiger partial charge in [0.05, 0.1) is 11.8 Å². The van der Waals surface area contributed by atoms with Crippen molar-refractivity contribution >= 4 is 27.8 Å². The van der Waals surface area contributed by atoms with Gasteiger partial charge in [-0.25, -0.2) is 8.42 Å². The van der Waals surface area contributed by atoms with Gasteiger partial charge in [-0.05, 0) is 68.6 Å². The molecule has 7 unspecified atom stereocenters. The molecule has 0 N–H and O–H groups in total. The number of Topliss-reactive ketones (excluding diaryl/α,β-unsaturated/α-hetero) is 1. The molecular formula is C24H26F5O8S-. The summed E-state index contributed by atoms with van der Waals surface area (Å²) in [6.07, 6.45) is -5.62. The van der Waals surface area contributed by atoms with Crippen molar-refractivity contribution in [2.45, 2.75) is 75.0 Å². The highest BCUT2D eigenvalue weighted by Gasteiger charge is 2.71. The van der Waals surface area contributed by atoms with Crippen LogP contribution < -0.4 is 0 Å². The van der Waals surface area contributed by atoms with Crippen LogP contribution in [0.1, 0.15) is 51.4 Å². The Morgan fingerprint density at radius 2 is 1.55 bits per heavy atom. The van der Waals surface area contributed by atoms with Crippen molar-refractivity contribution in [3.05, 3.63) is 0 Å². The molecule has 1 aliphatic heterocycles. The predicted octanol–water partition coefficient (Wildman–Crippen LogP) is 3.20. The van der Waals surface area contributed by atoms with E-state index in [1.165, 1.54) is 0 Å². The largest absolute Gasteiger partial charge is 0.743 e. The lowest BCUT2D eigenvalue weighted by Crippen LogP contribution is -2.54. The van der Waals surface area contributed by atoms with Gasteiger partial charge in [-0.1, -0.05) is 0 Å². The Labute approximate surface area is 214 Å². The van der Waals surface area contributed by atoms with Crippen LogP contribution in [0.4, 0.5) is 22.0 Å². The van der Waals surface area contributed by atoms with Gasteiger partial charge in [-0.2, -0.15) is 22.0 Å². The summed E-state index contributed by atoms with van der Waals surface area (Å²) in [4.78, 5) is 39.2. The van der Waals surface area contributed by atoms with Gasteiger partial charge in [0, 0.05) is 23.7 Å². The lowest BCUT2D eigenvalue weighted by molar-refractivity contribution is -0.261. The first-order chi connectivity index (χ1) is 17.5. The van der Waals surface area contributed by atoms with E-state index in [9.17, 15) is 49.3 Å². The average Bonchev–Trinajstić information content (AvgIpc) is 3.38. The molecule has 0 radical (unpaired) electrons. The second kappa shape index (κ2) is 8.11. The molecule has 0 aromatic heterocycles. The first kappa shape index (κ1) is 26.4. The minimum atomic E-state index is -6.85. The van der Waals surface area contributed by atoms with Gasteiger partial charge in [0.1, 0.15) is 11.9 Å². The van der Waals surface area contributed by atoms with Gasteiger partial charge in [0.2, 0.25) is 0 Å². The van der Waals surface area contributed by atoms with E-state index in [1.807, 2.05) is 0 Å². The van der Waals surface area contributed by atoms with Crippen molar-refractivity contribution < 1.29 is 58.8 Å². The molecule has 0 spiro atoms. The number of halogens is 5. The monoisotopic (exact) mass is 569 g/mol. The second-order valence-corrected chi connectivity index (χ2v) is 13.8. The van der Waals surface area contributed by atoms with Crippen LogP contribution in [0.2, 0.25) is 0 Å². The fourth-order valence-corrected chi connectivity index (χ4v) is 9.76. The van der Waals surface area contributed by atoms with Gasteiger partial charge < -0.3 is 14.0 Å². The van der Waals surface area contributed by atoms with Crippen molar-refractivity contribution in [3.8, 4) is 0 Å². The van der Waals surface area contributed by atoms with Crippen molar-refractivity contribution in [2.75, 3.05) is 0 Å². The molecule has 1 heterocycles. The number of carbonyl (C=O) groups is 3. The predicted molar refractivity (Wildman–Crippen MR) is 113 cm³/mol. The van der Waals surface area contributed by atoms with Crippen LogP contribution in [0.5, 0.6) is 0 Å². The van der Waals surface area contributed by atoms with Gasteiger partial charge in [0.15, 0.2) is 10.1 Å². The van der Waals surface area contributed by atoms with Crippen LogP contribution in [-0.2, 0) is 34.0 Å². The van der Waals surface area contributed by atoms with E-state index in [0.717, 1.165) is 38.5 Å². The molecule has 38 heavy (non-hydrogen) atoms. The lowest BCUT2D eigenvalue weighted by Gasteiger charge is -2.56. The number of ether oxygens (including phenoxy) is 2. The molecule has 0 aromatic carbocycles. The molecule has 212 valence electrons. The van der Waals surface area contributed by atoms with Crippen LogP contribution in [0.15, 0.2) is 0 Å². The molecule has 7 rings (SSSR count). The fraction of sp³-hybridized carbons (Fsp3) is 0.875. The number of ketones is 1. The maximum Gasteiger partial charge on any atom is 0.432 e. The highest BCUT2D eigenvalue weighted by molar-refractivity contribution is 7.86. The van der Waals surface area contributed by atoms with Gasteiger partial charge in [-0.15, -0.1) is 0 Å². The van der Waals surface area contributed by atoms with E-state index in [4.69, 9.17) is 4.74 Å². The molecule has 6 saturated carbocycles. The van der Waals surface area contributed by atoms with Crippen molar-refractivity contribution in [3.63, 3.8) is 0 Å². The topological polar surface area (TPSA) is 127 Å². The summed E-state index contributed by atoms with van der Waals surface area (Å²) in [6.45, 7) is 0. The number of hydrogen-bond donors (Lipinski definition) is 0. The highest BCUT2D eigenvalue weighted by atomic mass is 32.2. The zero-order valence-electron chi connectivity index (χ0n) is 20.0. The summed E-state index contributed by atoms with van der Waals surface area (Å²) in [7, 11) is -6.85. The van der Waals surface area contributed by atoms with E-state index in [0.29, 0.717) is 17.8 Å². The van der Waals surface area contributed by atoms with Crippen LogP contribution in [0.25, 0.3) is 0 Å². The summed E-state index contributed by atoms with van der Waals surface area (Å²) in [5, 5.41) is -5.98.